The van der Waals surface area contributed by atoms with E-state index < -0.39 is 5.60 Å². The molecule has 0 radical (unpaired) electrons. The van der Waals surface area contributed by atoms with E-state index in [1.54, 1.807) is 0 Å². The van der Waals surface area contributed by atoms with Crippen molar-refractivity contribution in [1.82, 2.24) is 9.88 Å². The van der Waals surface area contributed by atoms with Crippen LogP contribution in [0, 0.1) is 13.8 Å². The van der Waals surface area contributed by atoms with Crippen LogP contribution in [0.2, 0.25) is 0 Å². The number of amides is 1. The zero-order chi connectivity index (χ0) is 16.5. The average Bonchev–Trinajstić information content (AvgIpc) is 2.83. The van der Waals surface area contributed by atoms with Crippen LogP contribution >= 0.6 is 0 Å². The molecule has 0 aliphatic carbocycles. The van der Waals surface area contributed by atoms with Gasteiger partial charge in [-0.15, -0.1) is 0 Å². The molecule has 0 aliphatic heterocycles. The highest BCUT2D eigenvalue weighted by Crippen LogP contribution is 2.25. The minimum atomic E-state index is -0.471. The minimum Gasteiger partial charge on any atom is -0.444 e. The quantitative estimate of drug-likeness (QED) is 0.916. The summed E-state index contributed by atoms with van der Waals surface area (Å²) in [6.45, 7) is 12.5. The first kappa shape index (κ1) is 16.4. The SMILES string of the molecule is Cc1ccc2ccn([C@H](C)CNC(=O)OC(C)(C)C)c2c1C. The second-order valence-electron chi connectivity index (χ2n) is 6.90. The molecule has 0 saturated carbocycles. The van der Waals surface area contributed by atoms with Crippen molar-refractivity contribution in [3.63, 3.8) is 0 Å². The Balaban J connectivity index is 2.12. The summed E-state index contributed by atoms with van der Waals surface area (Å²) in [5.74, 6) is 0. The Morgan fingerprint density at radius 1 is 1.27 bits per heavy atom. The number of ether oxygens (including phenoxy) is 1. The van der Waals surface area contributed by atoms with Gasteiger partial charge >= 0.3 is 6.09 Å². The van der Waals surface area contributed by atoms with Gasteiger partial charge in [0.1, 0.15) is 5.60 Å². The van der Waals surface area contributed by atoms with E-state index in [4.69, 9.17) is 4.74 Å². The number of carbonyl (C=O) groups is 1. The first-order valence-corrected chi connectivity index (χ1v) is 7.72. The standard InChI is InChI=1S/C18H26N2O2/c1-12-7-8-15-9-10-20(16(15)14(12)3)13(2)11-19-17(21)22-18(4,5)6/h7-10,13H,11H2,1-6H3,(H,19,21)/t13-/m1/s1. The molecule has 2 rings (SSSR count). The van der Waals surface area contributed by atoms with Crippen LogP contribution < -0.4 is 5.32 Å². The second kappa shape index (κ2) is 6.03. The van der Waals surface area contributed by atoms with Gasteiger partial charge in [-0.25, -0.2) is 4.79 Å². The van der Waals surface area contributed by atoms with E-state index in [1.807, 2.05) is 20.8 Å². The Morgan fingerprint density at radius 2 is 1.95 bits per heavy atom. The lowest BCUT2D eigenvalue weighted by molar-refractivity contribution is 0.0521. The maximum atomic E-state index is 11.8. The van der Waals surface area contributed by atoms with Crippen molar-refractivity contribution in [2.45, 2.75) is 53.2 Å². The van der Waals surface area contributed by atoms with Gasteiger partial charge in [0, 0.05) is 18.8 Å². The van der Waals surface area contributed by atoms with Gasteiger partial charge in [0.15, 0.2) is 0 Å². The normalized spacial score (nSPS) is 13.2. The topological polar surface area (TPSA) is 43.3 Å². The van der Waals surface area contributed by atoms with Crippen molar-refractivity contribution in [3.05, 3.63) is 35.5 Å². The van der Waals surface area contributed by atoms with Crippen molar-refractivity contribution in [2.24, 2.45) is 0 Å². The summed E-state index contributed by atoms with van der Waals surface area (Å²) in [6.07, 6.45) is 1.71. The molecule has 1 aromatic carbocycles. The van der Waals surface area contributed by atoms with Gasteiger partial charge < -0.3 is 14.6 Å². The van der Waals surface area contributed by atoms with Crippen molar-refractivity contribution < 1.29 is 9.53 Å². The van der Waals surface area contributed by atoms with Crippen molar-refractivity contribution in [1.29, 1.82) is 0 Å². The lowest BCUT2D eigenvalue weighted by Crippen LogP contribution is -2.35. The number of nitrogens with one attached hydrogen (secondary N) is 1. The Bertz CT molecular complexity index is 680. The third-order valence-electron chi connectivity index (χ3n) is 3.82. The van der Waals surface area contributed by atoms with Gasteiger partial charge in [0.25, 0.3) is 0 Å². The third-order valence-corrected chi connectivity index (χ3v) is 3.82. The Kier molecular flexibility index (Phi) is 4.50. The van der Waals surface area contributed by atoms with E-state index >= 15 is 0 Å². The van der Waals surface area contributed by atoms with Crippen molar-refractivity contribution in [2.75, 3.05) is 6.54 Å². The molecular weight excluding hydrogens is 276 g/mol. The van der Waals surface area contributed by atoms with Crippen LogP contribution in [0.3, 0.4) is 0 Å². The number of hydrogen-bond donors (Lipinski definition) is 1. The summed E-state index contributed by atoms with van der Waals surface area (Å²) >= 11 is 0. The number of carbonyl (C=O) groups excluding carboxylic acids is 1. The first-order chi connectivity index (χ1) is 10.2. The second-order valence-corrected chi connectivity index (χ2v) is 6.90. The third kappa shape index (κ3) is 3.62. The summed E-state index contributed by atoms with van der Waals surface area (Å²) < 4.78 is 7.49. The Labute approximate surface area is 132 Å². The van der Waals surface area contributed by atoms with Crippen LogP contribution in [0.1, 0.15) is 44.9 Å². The minimum absolute atomic E-state index is 0.158. The molecule has 22 heavy (non-hydrogen) atoms. The highest BCUT2D eigenvalue weighted by atomic mass is 16.6. The monoisotopic (exact) mass is 302 g/mol. The molecule has 1 aromatic heterocycles. The van der Waals surface area contributed by atoms with Crippen LogP contribution in [-0.2, 0) is 4.74 Å². The largest absolute Gasteiger partial charge is 0.444 e. The van der Waals surface area contributed by atoms with Crippen LogP contribution in [0.4, 0.5) is 4.79 Å². The van der Waals surface area contributed by atoms with Gasteiger partial charge in [-0.3, -0.25) is 0 Å². The van der Waals surface area contributed by atoms with Gasteiger partial charge in [0.2, 0.25) is 0 Å². The number of nitrogens with zero attached hydrogens (tertiary/aromatic N) is 1. The van der Waals surface area contributed by atoms with Crippen LogP contribution in [0.15, 0.2) is 24.4 Å². The maximum Gasteiger partial charge on any atom is 0.407 e. The fourth-order valence-corrected chi connectivity index (χ4v) is 2.55. The molecule has 0 spiro atoms. The molecule has 0 fully saturated rings. The Morgan fingerprint density at radius 3 is 2.59 bits per heavy atom. The summed E-state index contributed by atoms with van der Waals surface area (Å²) in [7, 11) is 0. The number of hydrogen-bond acceptors (Lipinski definition) is 2. The molecule has 0 saturated heterocycles. The number of rotatable bonds is 3. The molecule has 4 nitrogen and oxygen atoms in total. The number of alkyl carbamates (subject to hydrolysis) is 1. The zero-order valence-corrected chi connectivity index (χ0v) is 14.4. The maximum absolute atomic E-state index is 11.8. The highest BCUT2D eigenvalue weighted by molar-refractivity contribution is 5.84. The summed E-state index contributed by atoms with van der Waals surface area (Å²) in [5, 5.41) is 4.07. The zero-order valence-electron chi connectivity index (χ0n) is 14.4. The van der Waals surface area contributed by atoms with Crippen LogP contribution in [0.25, 0.3) is 10.9 Å². The lowest BCUT2D eigenvalue weighted by atomic mass is 10.1. The molecule has 0 unspecified atom stereocenters. The molecule has 1 amide bonds. The first-order valence-electron chi connectivity index (χ1n) is 7.72. The fourth-order valence-electron chi connectivity index (χ4n) is 2.55. The summed E-state index contributed by atoms with van der Waals surface area (Å²) in [4.78, 5) is 11.8. The average molecular weight is 302 g/mol. The van der Waals surface area contributed by atoms with Crippen molar-refractivity contribution >= 4 is 17.0 Å². The molecule has 2 aromatic rings. The molecule has 1 atom stereocenters. The van der Waals surface area contributed by atoms with Gasteiger partial charge in [-0.05, 0) is 64.1 Å². The van der Waals surface area contributed by atoms with Gasteiger partial charge in [-0.2, -0.15) is 0 Å². The summed E-state index contributed by atoms with van der Waals surface area (Å²) in [6, 6.07) is 6.56. The predicted octanol–water partition coefficient (Wildman–Crippen LogP) is 4.34. The molecule has 120 valence electrons. The molecule has 0 aliphatic rings. The molecular formula is C18H26N2O2. The molecule has 4 heteroatoms. The number of benzene rings is 1. The van der Waals surface area contributed by atoms with E-state index in [0.717, 1.165) is 0 Å². The number of aryl methyl sites for hydroxylation is 2. The van der Waals surface area contributed by atoms with E-state index in [2.05, 4.69) is 55.1 Å². The number of aromatic nitrogens is 1. The lowest BCUT2D eigenvalue weighted by Gasteiger charge is -2.22. The predicted molar refractivity (Wildman–Crippen MR) is 90.4 cm³/mol. The van der Waals surface area contributed by atoms with E-state index in [1.165, 1.54) is 22.0 Å². The van der Waals surface area contributed by atoms with Crippen LogP contribution in [-0.4, -0.2) is 22.8 Å². The van der Waals surface area contributed by atoms with E-state index in [-0.39, 0.29) is 12.1 Å². The fraction of sp³-hybridized carbons (Fsp3) is 0.500. The molecule has 1 heterocycles. The number of fused-ring (bicyclic) bond motifs is 1. The molecule has 0 bridgehead atoms. The smallest absolute Gasteiger partial charge is 0.407 e. The van der Waals surface area contributed by atoms with E-state index in [0.29, 0.717) is 6.54 Å². The Hall–Kier alpha value is -1.97. The van der Waals surface area contributed by atoms with Crippen molar-refractivity contribution in [3.8, 4) is 0 Å². The van der Waals surface area contributed by atoms with Gasteiger partial charge in [-0.1, -0.05) is 12.1 Å². The highest BCUT2D eigenvalue weighted by Gasteiger charge is 2.17. The van der Waals surface area contributed by atoms with Crippen LogP contribution in [0.5, 0.6) is 0 Å². The van der Waals surface area contributed by atoms with E-state index in [9.17, 15) is 4.79 Å². The van der Waals surface area contributed by atoms with Gasteiger partial charge in [0.05, 0.1) is 5.52 Å². The summed E-state index contributed by atoms with van der Waals surface area (Å²) in [5.41, 5.74) is 3.33. The molecule has 1 N–H and O–H groups in total.